The Kier molecular flexibility index (Phi) is 3.86. The van der Waals surface area contributed by atoms with E-state index in [0.29, 0.717) is 17.9 Å². The summed E-state index contributed by atoms with van der Waals surface area (Å²) in [5.41, 5.74) is -0.240. The van der Waals surface area contributed by atoms with Gasteiger partial charge in [0.05, 0.1) is 12.1 Å². The second-order valence-electron chi connectivity index (χ2n) is 8.65. The Labute approximate surface area is 155 Å². The first-order valence-electron chi connectivity index (χ1n) is 9.64. The molecule has 7 heteroatoms. The van der Waals surface area contributed by atoms with Gasteiger partial charge in [0.15, 0.2) is 5.82 Å². The van der Waals surface area contributed by atoms with Gasteiger partial charge in [-0.05, 0) is 74.5 Å². The molecule has 4 nitrogen and oxygen atoms in total. The van der Waals surface area contributed by atoms with Crippen LogP contribution in [0.3, 0.4) is 0 Å². The molecule has 4 bridgehead atoms. The van der Waals surface area contributed by atoms with Gasteiger partial charge in [-0.1, -0.05) is 11.2 Å². The van der Waals surface area contributed by atoms with Crippen LogP contribution in [0.4, 0.5) is 13.2 Å². The van der Waals surface area contributed by atoms with Crippen LogP contribution >= 0.6 is 0 Å². The lowest BCUT2D eigenvalue weighted by Gasteiger charge is -2.57. The highest BCUT2D eigenvalue weighted by Crippen LogP contribution is 2.55. The van der Waals surface area contributed by atoms with Gasteiger partial charge >= 0.3 is 6.18 Å². The first-order chi connectivity index (χ1) is 12.9. The summed E-state index contributed by atoms with van der Waals surface area (Å²) in [6, 6.07) is 4.99. The van der Waals surface area contributed by atoms with E-state index in [2.05, 4.69) is 15.5 Å². The molecular weight excluding hydrogens is 355 g/mol. The van der Waals surface area contributed by atoms with Gasteiger partial charge in [-0.3, -0.25) is 0 Å². The smallest absolute Gasteiger partial charge is 0.334 e. The molecular formula is C20H22F3N3O. The fourth-order valence-corrected chi connectivity index (χ4v) is 5.87. The normalized spacial score (nSPS) is 32.2. The van der Waals surface area contributed by atoms with E-state index >= 15 is 0 Å². The summed E-state index contributed by atoms with van der Waals surface area (Å²) < 4.78 is 43.9. The first kappa shape index (κ1) is 17.2. The maximum absolute atomic E-state index is 12.9. The second kappa shape index (κ2) is 6.06. The van der Waals surface area contributed by atoms with Crippen LogP contribution in [0.15, 0.2) is 28.8 Å². The molecule has 1 heterocycles. The summed E-state index contributed by atoms with van der Waals surface area (Å²) in [5.74, 6) is 3.15. The molecule has 4 aliphatic rings. The van der Waals surface area contributed by atoms with Crippen LogP contribution in [0.1, 0.15) is 49.9 Å². The summed E-state index contributed by atoms with van der Waals surface area (Å²) in [6.45, 7) is 0.495. The molecule has 1 aromatic heterocycles. The van der Waals surface area contributed by atoms with E-state index in [1.807, 2.05) is 0 Å². The summed E-state index contributed by atoms with van der Waals surface area (Å²) in [5, 5.41) is 7.65. The highest BCUT2D eigenvalue weighted by molar-refractivity contribution is 5.54. The number of halogens is 3. The number of hydrogen-bond acceptors (Lipinski definition) is 4. The summed E-state index contributed by atoms with van der Waals surface area (Å²) >= 11 is 0. The molecule has 0 radical (unpaired) electrons. The summed E-state index contributed by atoms with van der Waals surface area (Å²) in [6.07, 6.45) is 3.40. The van der Waals surface area contributed by atoms with Gasteiger partial charge in [0.1, 0.15) is 0 Å². The lowest BCUT2D eigenvalue weighted by atomic mass is 9.53. The van der Waals surface area contributed by atoms with Crippen molar-refractivity contribution in [3.63, 3.8) is 0 Å². The third-order valence-corrected chi connectivity index (χ3v) is 6.56. The number of aromatic nitrogens is 2. The number of benzene rings is 1. The molecule has 144 valence electrons. The zero-order chi connectivity index (χ0) is 18.6. The van der Waals surface area contributed by atoms with Gasteiger partial charge in [-0.15, -0.1) is 0 Å². The van der Waals surface area contributed by atoms with Crippen LogP contribution in [-0.4, -0.2) is 15.7 Å². The largest absolute Gasteiger partial charge is 0.416 e. The molecule has 27 heavy (non-hydrogen) atoms. The second-order valence-corrected chi connectivity index (χ2v) is 8.65. The van der Waals surface area contributed by atoms with Gasteiger partial charge in [-0.25, -0.2) is 0 Å². The number of rotatable bonds is 4. The van der Waals surface area contributed by atoms with Crippen molar-refractivity contribution in [1.29, 1.82) is 0 Å². The minimum Gasteiger partial charge on any atom is -0.334 e. The quantitative estimate of drug-likeness (QED) is 0.830. The van der Waals surface area contributed by atoms with Crippen LogP contribution in [0.25, 0.3) is 11.5 Å². The van der Waals surface area contributed by atoms with E-state index in [9.17, 15) is 13.2 Å². The monoisotopic (exact) mass is 377 g/mol. The molecule has 6 rings (SSSR count). The van der Waals surface area contributed by atoms with E-state index in [1.165, 1.54) is 44.6 Å². The molecule has 0 saturated heterocycles. The molecule has 0 amide bonds. The van der Waals surface area contributed by atoms with Crippen molar-refractivity contribution in [3.8, 4) is 11.5 Å². The minimum atomic E-state index is -4.39. The van der Waals surface area contributed by atoms with E-state index in [0.717, 1.165) is 29.9 Å². The maximum Gasteiger partial charge on any atom is 0.416 e. The van der Waals surface area contributed by atoms with Crippen molar-refractivity contribution in [3.05, 3.63) is 35.7 Å². The number of nitrogens with one attached hydrogen (secondary N) is 1. The Bertz CT molecular complexity index is 810. The molecule has 0 spiro atoms. The fourth-order valence-electron chi connectivity index (χ4n) is 5.87. The van der Waals surface area contributed by atoms with E-state index in [4.69, 9.17) is 4.52 Å². The van der Waals surface area contributed by atoms with E-state index < -0.39 is 11.7 Å². The van der Waals surface area contributed by atoms with Gasteiger partial charge < -0.3 is 9.84 Å². The molecule has 0 atom stereocenters. The molecule has 4 fully saturated rings. The van der Waals surface area contributed by atoms with E-state index in [1.54, 1.807) is 6.07 Å². The molecule has 0 aliphatic heterocycles. The third kappa shape index (κ3) is 3.26. The molecule has 4 saturated carbocycles. The first-order valence-corrected chi connectivity index (χ1v) is 9.64. The molecule has 2 aromatic rings. The van der Waals surface area contributed by atoms with Crippen molar-refractivity contribution in [1.82, 2.24) is 15.5 Å². The number of nitrogens with zero attached hydrogens (tertiary/aromatic N) is 2. The lowest BCUT2D eigenvalue weighted by molar-refractivity contribution is -0.137. The van der Waals surface area contributed by atoms with Crippen LogP contribution in [-0.2, 0) is 12.7 Å². The standard InChI is InChI=1S/C20H22F3N3O/c21-20(22,23)16-3-1-2-15(7-16)18-25-17(26-27-18)11-24-19-8-12-4-13(9-19)6-14(5-12)10-19/h1-3,7,12-14,24H,4-6,8-11H2. The zero-order valence-electron chi connectivity index (χ0n) is 14.9. The number of alkyl halides is 3. The molecule has 4 aliphatic carbocycles. The van der Waals surface area contributed by atoms with Crippen LogP contribution in [0.2, 0.25) is 0 Å². The van der Waals surface area contributed by atoms with Crippen molar-refractivity contribution in [2.24, 2.45) is 17.8 Å². The van der Waals surface area contributed by atoms with Crippen LogP contribution in [0, 0.1) is 17.8 Å². The third-order valence-electron chi connectivity index (χ3n) is 6.56. The van der Waals surface area contributed by atoms with Crippen LogP contribution in [0.5, 0.6) is 0 Å². The van der Waals surface area contributed by atoms with Crippen molar-refractivity contribution < 1.29 is 17.7 Å². The van der Waals surface area contributed by atoms with Crippen LogP contribution < -0.4 is 5.32 Å². The molecule has 1 aromatic carbocycles. The topological polar surface area (TPSA) is 51.0 Å². The van der Waals surface area contributed by atoms with Crippen molar-refractivity contribution in [2.75, 3.05) is 0 Å². The Hall–Kier alpha value is -1.89. The van der Waals surface area contributed by atoms with Gasteiger partial charge in [0.2, 0.25) is 0 Å². The van der Waals surface area contributed by atoms with E-state index in [-0.39, 0.29) is 11.4 Å². The summed E-state index contributed by atoms with van der Waals surface area (Å²) in [7, 11) is 0. The highest BCUT2D eigenvalue weighted by atomic mass is 19.4. The predicted molar refractivity (Wildman–Crippen MR) is 92.5 cm³/mol. The van der Waals surface area contributed by atoms with Gasteiger partial charge in [0.25, 0.3) is 5.89 Å². The average Bonchev–Trinajstić information content (AvgIpc) is 3.07. The predicted octanol–water partition coefficient (Wildman–Crippen LogP) is 4.81. The highest BCUT2D eigenvalue weighted by Gasteiger charge is 2.50. The number of hydrogen-bond donors (Lipinski definition) is 1. The Balaban J connectivity index is 1.29. The SMILES string of the molecule is FC(F)(F)c1cccc(-c2nc(CNC34CC5CC(CC(C5)C3)C4)no2)c1. The molecule has 0 unspecified atom stereocenters. The Morgan fingerprint density at radius 1 is 1.07 bits per heavy atom. The zero-order valence-corrected chi connectivity index (χ0v) is 14.9. The lowest BCUT2D eigenvalue weighted by Crippen LogP contribution is -2.58. The van der Waals surface area contributed by atoms with Gasteiger partial charge in [0, 0.05) is 11.1 Å². The Morgan fingerprint density at radius 3 is 2.37 bits per heavy atom. The van der Waals surface area contributed by atoms with Crippen molar-refractivity contribution >= 4 is 0 Å². The van der Waals surface area contributed by atoms with Crippen molar-refractivity contribution in [2.45, 2.75) is 56.8 Å². The average molecular weight is 377 g/mol. The molecule has 1 N–H and O–H groups in total. The fraction of sp³-hybridized carbons (Fsp3) is 0.600. The summed E-state index contributed by atoms with van der Waals surface area (Å²) in [4.78, 5) is 4.31. The Morgan fingerprint density at radius 2 is 1.74 bits per heavy atom. The van der Waals surface area contributed by atoms with Gasteiger partial charge in [-0.2, -0.15) is 18.2 Å². The minimum absolute atomic E-state index is 0.128. The maximum atomic E-state index is 12.9.